The van der Waals surface area contributed by atoms with Crippen molar-refractivity contribution in [1.82, 2.24) is 14.5 Å². The van der Waals surface area contributed by atoms with Crippen LogP contribution < -0.4 is 10.1 Å². The maximum Gasteiger partial charge on any atom is 0.322 e. The number of urea groups is 1. The summed E-state index contributed by atoms with van der Waals surface area (Å²) in [5.41, 5.74) is 1.95. The maximum atomic E-state index is 12.7. The predicted octanol–water partition coefficient (Wildman–Crippen LogP) is 3.19. The summed E-state index contributed by atoms with van der Waals surface area (Å²) in [7, 11) is 1.94. The first-order valence-corrected chi connectivity index (χ1v) is 8.38. The number of anilines is 1. The van der Waals surface area contributed by atoms with Crippen LogP contribution >= 0.6 is 0 Å². The zero-order valence-electron chi connectivity index (χ0n) is 14.5. The van der Waals surface area contributed by atoms with E-state index in [4.69, 9.17) is 4.74 Å². The third-order valence-corrected chi connectivity index (χ3v) is 4.18. The van der Waals surface area contributed by atoms with Crippen molar-refractivity contribution in [2.75, 3.05) is 11.9 Å². The van der Waals surface area contributed by atoms with Gasteiger partial charge in [-0.05, 0) is 37.1 Å². The first-order chi connectivity index (χ1) is 11.6. The minimum absolute atomic E-state index is 0.105. The molecule has 0 saturated carbocycles. The molecule has 2 heterocycles. The molecule has 1 aromatic carbocycles. The van der Waals surface area contributed by atoms with Crippen LogP contribution in [0.5, 0.6) is 5.75 Å². The molecule has 2 amide bonds. The number of nitrogens with one attached hydrogen (secondary N) is 1. The zero-order chi connectivity index (χ0) is 17.1. The molecule has 1 N–H and O–H groups in total. The van der Waals surface area contributed by atoms with Gasteiger partial charge in [-0.25, -0.2) is 9.78 Å². The number of carbonyl (C=O) groups is 1. The van der Waals surface area contributed by atoms with Gasteiger partial charge in [-0.3, -0.25) is 0 Å². The van der Waals surface area contributed by atoms with Crippen molar-refractivity contribution in [3.05, 3.63) is 42.0 Å². The summed E-state index contributed by atoms with van der Waals surface area (Å²) >= 11 is 0. The number of aromatic nitrogens is 2. The molecule has 2 aromatic rings. The molecule has 128 valence electrons. The number of ether oxygens (including phenoxy) is 1. The van der Waals surface area contributed by atoms with Gasteiger partial charge in [-0.1, -0.05) is 6.92 Å². The van der Waals surface area contributed by atoms with Crippen molar-refractivity contribution < 1.29 is 9.53 Å². The topological polar surface area (TPSA) is 59.4 Å². The second-order valence-electron chi connectivity index (χ2n) is 6.26. The molecule has 3 rings (SSSR count). The lowest BCUT2D eigenvalue weighted by Crippen LogP contribution is -2.35. The van der Waals surface area contributed by atoms with Gasteiger partial charge in [0.1, 0.15) is 17.7 Å². The lowest BCUT2D eigenvalue weighted by Gasteiger charge is -2.22. The SMILES string of the molecule is CCCN(Cc1nccn1C)C(=O)Nc1ccc2c(c1)C[C@@H](C)O2. The van der Waals surface area contributed by atoms with Gasteiger partial charge in [0.05, 0.1) is 6.54 Å². The number of imidazole rings is 1. The number of amides is 2. The fraction of sp³-hybridized carbons (Fsp3) is 0.444. The van der Waals surface area contributed by atoms with E-state index in [2.05, 4.69) is 17.2 Å². The molecule has 1 aromatic heterocycles. The van der Waals surface area contributed by atoms with Crippen LogP contribution in [0.3, 0.4) is 0 Å². The Labute approximate surface area is 142 Å². The second-order valence-corrected chi connectivity index (χ2v) is 6.26. The molecule has 1 aliphatic heterocycles. The van der Waals surface area contributed by atoms with E-state index in [1.165, 1.54) is 0 Å². The molecule has 0 aliphatic carbocycles. The molecule has 1 aliphatic rings. The number of hydrogen-bond donors (Lipinski definition) is 1. The average Bonchev–Trinajstić information content (AvgIpc) is 3.11. The molecule has 0 fully saturated rings. The average molecular weight is 328 g/mol. The quantitative estimate of drug-likeness (QED) is 0.917. The third-order valence-electron chi connectivity index (χ3n) is 4.18. The van der Waals surface area contributed by atoms with Crippen LogP contribution in [0.1, 0.15) is 31.7 Å². The van der Waals surface area contributed by atoms with E-state index in [-0.39, 0.29) is 12.1 Å². The van der Waals surface area contributed by atoms with Crippen LogP contribution in [0.15, 0.2) is 30.6 Å². The molecule has 0 radical (unpaired) electrons. The van der Waals surface area contributed by atoms with Crippen LogP contribution in [-0.4, -0.2) is 33.1 Å². The lowest BCUT2D eigenvalue weighted by atomic mass is 10.1. The monoisotopic (exact) mass is 328 g/mol. The Kier molecular flexibility index (Phi) is 4.74. The summed E-state index contributed by atoms with van der Waals surface area (Å²) in [5, 5.41) is 3.00. The molecule has 6 nitrogen and oxygen atoms in total. The van der Waals surface area contributed by atoms with Crippen LogP contribution in [-0.2, 0) is 20.0 Å². The van der Waals surface area contributed by atoms with Crippen molar-refractivity contribution in [3.63, 3.8) is 0 Å². The summed E-state index contributed by atoms with van der Waals surface area (Å²) in [6.07, 6.45) is 5.61. The number of fused-ring (bicyclic) bond motifs is 1. The maximum absolute atomic E-state index is 12.7. The fourth-order valence-electron chi connectivity index (χ4n) is 2.94. The Balaban J connectivity index is 1.69. The van der Waals surface area contributed by atoms with E-state index in [9.17, 15) is 4.79 Å². The highest BCUT2D eigenvalue weighted by Gasteiger charge is 2.20. The highest BCUT2D eigenvalue weighted by atomic mass is 16.5. The fourth-order valence-corrected chi connectivity index (χ4v) is 2.94. The molecule has 1 atom stereocenters. The molecular weight excluding hydrogens is 304 g/mol. The van der Waals surface area contributed by atoms with Gasteiger partial charge in [0, 0.05) is 38.1 Å². The number of carbonyl (C=O) groups excluding carboxylic acids is 1. The second kappa shape index (κ2) is 6.95. The summed E-state index contributed by atoms with van der Waals surface area (Å²) < 4.78 is 7.64. The Morgan fingerprint density at radius 2 is 2.33 bits per heavy atom. The number of rotatable bonds is 5. The van der Waals surface area contributed by atoms with E-state index in [1.54, 1.807) is 11.1 Å². The van der Waals surface area contributed by atoms with E-state index in [0.717, 1.165) is 35.7 Å². The highest BCUT2D eigenvalue weighted by Crippen LogP contribution is 2.31. The summed E-state index contributed by atoms with van der Waals surface area (Å²) in [5.74, 6) is 1.79. The third kappa shape index (κ3) is 3.53. The van der Waals surface area contributed by atoms with Gasteiger partial charge in [0.15, 0.2) is 0 Å². The smallest absolute Gasteiger partial charge is 0.322 e. The van der Waals surface area contributed by atoms with E-state index in [1.807, 2.05) is 42.9 Å². The Bertz CT molecular complexity index is 726. The molecular formula is C18H24N4O2. The van der Waals surface area contributed by atoms with Crippen molar-refractivity contribution in [2.24, 2.45) is 7.05 Å². The zero-order valence-corrected chi connectivity index (χ0v) is 14.5. The van der Waals surface area contributed by atoms with E-state index in [0.29, 0.717) is 13.1 Å². The van der Waals surface area contributed by atoms with Gasteiger partial charge in [-0.15, -0.1) is 0 Å². The van der Waals surface area contributed by atoms with Crippen molar-refractivity contribution in [2.45, 2.75) is 39.3 Å². The van der Waals surface area contributed by atoms with Crippen LogP contribution in [0, 0.1) is 0 Å². The minimum Gasteiger partial charge on any atom is -0.490 e. The number of hydrogen-bond acceptors (Lipinski definition) is 3. The molecule has 0 saturated heterocycles. The van der Waals surface area contributed by atoms with E-state index >= 15 is 0 Å². The normalized spacial score (nSPS) is 15.7. The standard InChI is InChI=1S/C18H24N4O2/c1-4-8-22(12-17-19-7-9-21(17)3)18(23)20-15-5-6-16-14(11-15)10-13(2)24-16/h5-7,9,11,13H,4,8,10,12H2,1-3H3,(H,20,23)/t13-/m1/s1. The van der Waals surface area contributed by atoms with Crippen LogP contribution in [0.4, 0.5) is 10.5 Å². The molecule has 0 unspecified atom stereocenters. The van der Waals surface area contributed by atoms with Gasteiger partial charge in [0.2, 0.25) is 0 Å². The Morgan fingerprint density at radius 3 is 3.04 bits per heavy atom. The predicted molar refractivity (Wildman–Crippen MR) is 93.2 cm³/mol. The molecule has 0 spiro atoms. The first-order valence-electron chi connectivity index (χ1n) is 8.38. The molecule has 6 heteroatoms. The summed E-state index contributed by atoms with van der Waals surface area (Å²) in [6.45, 7) is 5.29. The molecule has 24 heavy (non-hydrogen) atoms. The number of nitrogens with zero attached hydrogens (tertiary/aromatic N) is 3. The number of aryl methyl sites for hydroxylation is 1. The summed E-state index contributed by atoms with van der Waals surface area (Å²) in [4.78, 5) is 18.7. The number of benzene rings is 1. The largest absolute Gasteiger partial charge is 0.490 e. The lowest BCUT2D eigenvalue weighted by molar-refractivity contribution is 0.207. The van der Waals surface area contributed by atoms with Gasteiger partial charge in [0.25, 0.3) is 0 Å². The van der Waals surface area contributed by atoms with Crippen LogP contribution in [0.25, 0.3) is 0 Å². The van der Waals surface area contributed by atoms with Gasteiger partial charge in [-0.2, -0.15) is 0 Å². The van der Waals surface area contributed by atoms with Gasteiger partial charge >= 0.3 is 6.03 Å². The van der Waals surface area contributed by atoms with Crippen molar-refractivity contribution in [1.29, 1.82) is 0 Å². The van der Waals surface area contributed by atoms with Crippen LogP contribution in [0.2, 0.25) is 0 Å². The first kappa shape index (κ1) is 16.4. The van der Waals surface area contributed by atoms with Gasteiger partial charge < -0.3 is 19.5 Å². The highest BCUT2D eigenvalue weighted by molar-refractivity contribution is 5.89. The summed E-state index contributed by atoms with van der Waals surface area (Å²) in [6, 6.07) is 5.71. The van der Waals surface area contributed by atoms with E-state index < -0.39 is 0 Å². The van der Waals surface area contributed by atoms with Crippen molar-refractivity contribution in [3.8, 4) is 5.75 Å². The Hall–Kier alpha value is -2.50. The Morgan fingerprint density at radius 1 is 1.50 bits per heavy atom. The van der Waals surface area contributed by atoms with Crippen molar-refractivity contribution >= 4 is 11.7 Å². The molecule has 0 bridgehead atoms. The minimum atomic E-state index is -0.105.